The first-order chi connectivity index (χ1) is 6.61. The highest BCUT2D eigenvalue weighted by Crippen LogP contribution is 2.36. The van der Waals surface area contributed by atoms with Crippen molar-refractivity contribution in [1.29, 1.82) is 0 Å². The highest BCUT2D eigenvalue weighted by molar-refractivity contribution is 5.01. The molecule has 0 bridgehead atoms. The molecular formula is C9H17N5. The van der Waals surface area contributed by atoms with Crippen molar-refractivity contribution in [2.24, 2.45) is 5.73 Å². The first kappa shape index (κ1) is 9.58. The third kappa shape index (κ3) is 1.92. The average Bonchev–Trinajstić information content (AvgIpc) is 2.68. The van der Waals surface area contributed by atoms with Crippen LogP contribution in [0.3, 0.4) is 0 Å². The van der Waals surface area contributed by atoms with E-state index < -0.39 is 0 Å². The number of nitrogens with zero attached hydrogens (tertiary/aromatic N) is 4. The van der Waals surface area contributed by atoms with Gasteiger partial charge in [-0.15, -0.1) is 5.10 Å². The SMILES string of the molecule is CC(C)n1nnnc1CCC1(N)CC1. The van der Waals surface area contributed by atoms with E-state index in [9.17, 15) is 0 Å². The summed E-state index contributed by atoms with van der Waals surface area (Å²) in [6, 6.07) is 0.327. The number of tetrazole rings is 1. The van der Waals surface area contributed by atoms with Crippen LogP contribution in [-0.2, 0) is 6.42 Å². The fraction of sp³-hybridized carbons (Fsp3) is 0.889. The Hall–Kier alpha value is -0.970. The van der Waals surface area contributed by atoms with Crippen LogP contribution < -0.4 is 5.73 Å². The van der Waals surface area contributed by atoms with Gasteiger partial charge in [0.1, 0.15) is 0 Å². The Bertz CT molecular complexity index is 313. The van der Waals surface area contributed by atoms with Crippen molar-refractivity contribution < 1.29 is 0 Å². The maximum atomic E-state index is 6.01. The minimum atomic E-state index is 0.0910. The maximum Gasteiger partial charge on any atom is 0.151 e. The van der Waals surface area contributed by atoms with Crippen LogP contribution in [0.4, 0.5) is 0 Å². The third-order valence-electron chi connectivity index (χ3n) is 2.79. The lowest BCUT2D eigenvalue weighted by molar-refractivity contribution is 0.480. The van der Waals surface area contributed by atoms with Gasteiger partial charge in [-0.25, -0.2) is 4.68 Å². The quantitative estimate of drug-likeness (QED) is 0.767. The number of aromatic nitrogens is 4. The zero-order chi connectivity index (χ0) is 10.2. The van der Waals surface area contributed by atoms with Crippen molar-refractivity contribution in [3.8, 4) is 0 Å². The van der Waals surface area contributed by atoms with Crippen LogP contribution in [0.1, 0.15) is 45.0 Å². The summed E-state index contributed by atoms with van der Waals surface area (Å²) in [6.07, 6.45) is 4.19. The summed E-state index contributed by atoms with van der Waals surface area (Å²) in [5.74, 6) is 0.955. The summed E-state index contributed by atoms with van der Waals surface area (Å²) in [7, 11) is 0. The van der Waals surface area contributed by atoms with E-state index in [-0.39, 0.29) is 5.54 Å². The molecule has 1 heterocycles. The molecule has 0 saturated heterocycles. The fourth-order valence-corrected chi connectivity index (χ4v) is 1.55. The zero-order valence-electron chi connectivity index (χ0n) is 8.77. The molecular weight excluding hydrogens is 178 g/mol. The molecule has 0 atom stereocenters. The Labute approximate surface area is 83.7 Å². The molecule has 14 heavy (non-hydrogen) atoms. The molecule has 0 aliphatic heterocycles. The predicted molar refractivity (Wildman–Crippen MR) is 52.7 cm³/mol. The lowest BCUT2D eigenvalue weighted by Gasteiger charge is -2.10. The van der Waals surface area contributed by atoms with Crippen molar-refractivity contribution in [3.05, 3.63) is 5.82 Å². The molecule has 0 aromatic carbocycles. The first-order valence-corrected chi connectivity index (χ1v) is 5.16. The Balaban J connectivity index is 1.98. The van der Waals surface area contributed by atoms with Gasteiger partial charge in [0, 0.05) is 12.0 Å². The first-order valence-electron chi connectivity index (χ1n) is 5.16. The molecule has 78 valence electrons. The predicted octanol–water partition coefficient (Wildman–Crippen LogP) is 0.678. The Morgan fingerprint density at radius 2 is 2.21 bits per heavy atom. The molecule has 0 unspecified atom stereocenters. The second-order valence-corrected chi connectivity index (χ2v) is 4.50. The molecule has 1 aliphatic rings. The standard InChI is InChI=1S/C9H17N5/c1-7(2)14-8(11-12-13-14)3-4-9(10)5-6-9/h7H,3-6,10H2,1-2H3. The van der Waals surface area contributed by atoms with Crippen molar-refractivity contribution in [3.63, 3.8) is 0 Å². The zero-order valence-corrected chi connectivity index (χ0v) is 8.77. The lowest BCUT2D eigenvalue weighted by atomic mass is 10.1. The molecule has 1 saturated carbocycles. The fourth-order valence-electron chi connectivity index (χ4n) is 1.55. The van der Waals surface area contributed by atoms with E-state index in [1.807, 2.05) is 4.68 Å². The van der Waals surface area contributed by atoms with Crippen LogP contribution in [0.5, 0.6) is 0 Å². The van der Waals surface area contributed by atoms with Gasteiger partial charge in [-0.1, -0.05) is 0 Å². The summed E-state index contributed by atoms with van der Waals surface area (Å²) in [5.41, 5.74) is 6.10. The molecule has 5 nitrogen and oxygen atoms in total. The van der Waals surface area contributed by atoms with Crippen molar-refractivity contribution in [2.45, 2.75) is 51.1 Å². The summed E-state index contributed by atoms with van der Waals surface area (Å²) >= 11 is 0. The van der Waals surface area contributed by atoms with Gasteiger partial charge in [-0.2, -0.15) is 0 Å². The van der Waals surface area contributed by atoms with Crippen molar-refractivity contribution >= 4 is 0 Å². The van der Waals surface area contributed by atoms with E-state index in [4.69, 9.17) is 5.73 Å². The van der Waals surface area contributed by atoms with E-state index in [1.54, 1.807) is 0 Å². The molecule has 2 rings (SSSR count). The number of rotatable bonds is 4. The second-order valence-electron chi connectivity index (χ2n) is 4.50. The highest BCUT2D eigenvalue weighted by atomic mass is 15.5. The van der Waals surface area contributed by atoms with Crippen LogP contribution in [0, 0.1) is 0 Å². The molecule has 0 amide bonds. The van der Waals surface area contributed by atoms with Gasteiger partial charge in [0.25, 0.3) is 0 Å². The molecule has 2 N–H and O–H groups in total. The Morgan fingerprint density at radius 1 is 1.50 bits per heavy atom. The van der Waals surface area contributed by atoms with Crippen LogP contribution in [0.15, 0.2) is 0 Å². The summed E-state index contributed by atoms with van der Waals surface area (Å²) in [5, 5.41) is 11.7. The molecule has 5 heteroatoms. The summed E-state index contributed by atoms with van der Waals surface area (Å²) in [4.78, 5) is 0. The monoisotopic (exact) mass is 195 g/mol. The molecule has 1 fully saturated rings. The van der Waals surface area contributed by atoms with Crippen LogP contribution in [0.2, 0.25) is 0 Å². The minimum Gasteiger partial charge on any atom is -0.325 e. The van der Waals surface area contributed by atoms with E-state index in [1.165, 1.54) is 0 Å². The Morgan fingerprint density at radius 3 is 2.79 bits per heavy atom. The summed E-state index contributed by atoms with van der Waals surface area (Å²) < 4.78 is 1.87. The smallest absolute Gasteiger partial charge is 0.151 e. The van der Waals surface area contributed by atoms with E-state index in [0.717, 1.165) is 31.5 Å². The third-order valence-corrected chi connectivity index (χ3v) is 2.79. The van der Waals surface area contributed by atoms with E-state index >= 15 is 0 Å². The molecule has 1 aromatic heterocycles. The van der Waals surface area contributed by atoms with E-state index in [2.05, 4.69) is 29.4 Å². The highest BCUT2D eigenvalue weighted by Gasteiger charge is 2.37. The van der Waals surface area contributed by atoms with E-state index in [0.29, 0.717) is 6.04 Å². The van der Waals surface area contributed by atoms with Gasteiger partial charge in [0.15, 0.2) is 5.82 Å². The molecule has 1 aliphatic carbocycles. The topological polar surface area (TPSA) is 69.6 Å². The number of aryl methyl sites for hydroxylation is 1. The number of hydrogen-bond acceptors (Lipinski definition) is 4. The molecule has 0 spiro atoms. The Kier molecular flexibility index (Phi) is 2.26. The number of hydrogen-bond donors (Lipinski definition) is 1. The maximum absolute atomic E-state index is 6.01. The molecule has 0 radical (unpaired) electrons. The second kappa shape index (κ2) is 3.31. The van der Waals surface area contributed by atoms with Crippen LogP contribution in [0.25, 0.3) is 0 Å². The minimum absolute atomic E-state index is 0.0910. The number of nitrogens with two attached hydrogens (primary N) is 1. The van der Waals surface area contributed by atoms with Gasteiger partial charge in [0.05, 0.1) is 6.04 Å². The van der Waals surface area contributed by atoms with Crippen LogP contribution >= 0.6 is 0 Å². The van der Waals surface area contributed by atoms with Gasteiger partial charge < -0.3 is 5.73 Å². The van der Waals surface area contributed by atoms with Gasteiger partial charge >= 0.3 is 0 Å². The van der Waals surface area contributed by atoms with Crippen molar-refractivity contribution in [2.75, 3.05) is 0 Å². The largest absolute Gasteiger partial charge is 0.325 e. The van der Waals surface area contributed by atoms with Gasteiger partial charge in [0.2, 0.25) is 0 Å². The van der Waals surface area contributed by atoms with Crippen LogP contribution in [-0.4, -0.2) is 25.7 Å². The summed E-state index contributed by atoms with van der Waals surface area (Å²) in [6.45, 7) is 4.16. The van der Waals surface area contributed by atoms with Gasteiger partial charge in [-0.3, -0.25) is 0 Å². The normalized spacial score (nSPS) is 18.9. The van der Waals surface area contributed by atoms with Gasteiger partial charge in [-0.05, 0) is 43.5 Å². The van der Waals surface area contributed by atoms with Crippen molar-refractivity contribution in [1.82, 2.24) is 20.2 Å². The lowest BCUT2D eigenvalue weighted by Crippen LogP contribution is -2.23. The average molecular weight is 195 g/mol. The molecule has 1 aromatic rings.